The minimum Gasteiger partial charge on any atom is -0.496 e. The molecule has 0 atom stereocenters. The Morgan fingerprint density at radius 3 is 2.57 bits per heavy atom. The number of imide groups is 1. The Morgan fingerprint density at radius 2 is 1.95 bits per heavy atom. The van der Waals surface area contributed by atoms with Gasteiger partial charge in [-0.15, -0.1) is 0 Å². The first-order valence-corrected chi connectivity index (χ1v) is 6.59. The molecule has 6 nitrogen and oxygen atoms in total. The van der Waals surface area contributed by atoms with Crippen molar-refractivity contribution in [2.75, 3.05) is 25.6 Å². The summed E-state index contributed by atoms with van der Waals surface area (Å²) < 4.78 is 5.24. The topological polar surface area (TPSA) is 78.9 Å². The summed E-state index contributed by atoms with van der Waals surface area (Å²) in [5, 5.41) is 11.9. The van der Waals surface area contributed by atoms with E-state index >= 15 is 0 Å². The number of anilines is 1. The first-order valence-electron chi connectivity index (χ1n) is 6.59. The largest absolute Gasteiger partial charge is 0.496 e. The molecule has 1 heterocycles. The number of hydrogen-bond acceptors (Lipinski definition) is 5. The van der Waals surface area contributed by atoms with Crippen molar-refractivity contribution in [2.24, 2.45) is 0 Å². The maximum Gasteiger partial charge on any atom is 0.277 e. The number of amides is 2. The molecule has 0 radical (unpaired) electrons. The quantitative estimate of drug-likeness (QED) is 0.790. The van der Waals surface area contributed by atoms with Crippen molar-refractivity contribution >= 4 is 17.5 Å². The van der Waals surface area contributed by atoms with E-state index in [9.17, 15) is 9.59 Å². The van der Waals surface area contributed by atoms with Gasteiger partial charge in [0.2, 0.25) is 0 Å². The van der Waals surface area contributed by atoms with Crippen molar-refractivity contribution in [3.63, 3.8) is 0 Å². The summed E-state index contributed by atoms with van der Waals surface area (Å²) in [5.41, 5.74) is 2.86. The maximum absolute atomic E-state index is 12.1. The van der Waals surface area contributed by atoms with Crippen LogP contribution in [-0.2, 0) is 9.59 Å². The lowest BCUT2D eigenvalue weighted by atomic mass is 10.1. The summed E-state index contributed by atoms with van der Waals surface area (Å²) in [6.07, 6.45) is 1.25. The van der Waals surface area contributed by atoms with Crippen molar-refractivity contribution in [3.8, 4) is 5.75 Å². The standard InChI is InChI=1S/C15H18N2O4/c1-9-10(2)13(21-3)5-4-11(9)16-12-8-14(19)17(6-7-18)15(12)20/h4-5,8,16,18H,6-7H2,1-3H3. The molecule has 2 amide bonds. The zero-order valence-corrected chi connectivity index (χ0v) is 12.3. The van der Waals surface area contributed by atoms with Gasteiger partial charge < -0.3 is 15.2 Å². The number of hydrogen-bond donors (Lipinski definition) is 2. The van der Waals surface area contributed by atoms with Crippen LogP contribution in [0.5, 0.6) is 5.75 Å². The number of aliphatic hydroxyl groups excluding tert-OH is 1. The molecule has 112 valence electrons. The van der Waals surface area contributed by atoms with Gasteiger partial charge in [0.1, 0.15) is 11.4 Å². The summed E-state index contributed by atoms with van der Waals surface area (Å²) in [4.78, 5) is 24.8. The smallest absolute Gasteiger partial charge is 0.277 e. The molecule has 2 rings (SSSR count). The second-order valence-electron chi connectivity index (χ2n) is 4.77. The molecule has 0 aromatic heterocycles. The molecule has 1 aliphatic heterocycles. The lowest BCUT2D eigenvalue weighted by Gasteiger charge is -2.16. The van der Waals surface area contributed by atoms with E-state index in [0.29, 0.717) is 0 Å². The van der Waals surface area contributed by atoms with E-state index in [-0.39, 0.29) is 18.8 Å². The minimum absolute atomic E-state index is 0.0000306. The summed E-state index contributed by atoms with van der Waals surface area (Å²) in [7, 11) is 1.60. The Hall–Kier alpha value is -2.34. The van der Waals surface area contributed by atoms with Crippen LogP contribution in [0.2, 0.25) is 0 Å². The molecule has 2 N–H and O–H groups in total. The van der Waals surface area contributed by atoms with Crippen LogP contribution in [0.15, 0.2) is 23.9 Å². The second-order valence-corrected chi connectivity index (χ2v) is 4.77. The molecule has 0 saturated heterocycles. The number of ether oxygens (including phenoxy) is 1. The number of rotatable bonds is 5. The number of methoxy groups -OCH3 is 1. The van der Waals surface area contributed by atoms with Crippen molar-refractivity contribution < 1.29 is 19.4 Å². The van der Waals surface area contributed by atoms with E-state index in [1.165, 1.54) is 6.08 Å². The third-order valence-corrected chi connectivity index (χ3v) is 3.56. The number of carbonyl (C=O) groups excluding carboxylic acids is 2. The summed E-state index contributed by atoms with van der Waals surface area (Å²) in [6, 6.07) is 3.60. The molecule has 1 aliphatic rings. The average Bonchev–Trinajstić information content (AvgIpc) is 2.72. The zero-order valence-electron chi connectivity index (χ0n) is 12.3. The van der Waals surface area contributed by atoms with Gasteiger partial charge in [0.25, 0.3) is 11.8 Å². The highest BCUT2D eigenvalue weighted by Gasteiger charge is 2.30. The Kier molecular flexibility index (Phi) is 4.28. The van der Waals surface area contributed by atoms with Crippen LogP contribution in [0.25, 0.3) is 0 Å². The van der Waals surface area contributed by atoms with Crippen LogP contribution < -0.4 is 10.1 Å². The highest BCUT2D eigenvalue weighted by molar-refractivity contribution is 6.17. The van der Waals surface area contributed by atoms with Crippen LogP contribution in [0.1, 0.15) is 11.1 Å². The van der Waals surface area contributed by atoms with Gasteiger partial charge in [-0.25, -0.2) is 0 Å². The van der Waals surface area contributed by atoms with Crippen LogP contribution in [-0.4, -0.2) is 42.1 Å². The van der Waals surface area contributed by atoms with E-state index in [1.54, 1.807) is 19.2 Å². The summed E-state index contributed by atoms with van der Waals surface area (Å²) >= 11 is 0. The highest BCUT2D eigenvalue weighted by atomic mass is 16.5. The third kappa shape index (κ3) is 2.75. The molecule has 0 saturated carbocycles. The molecule has 1 aromatic rings. The van der Waals surface area contributed by atoms with Crippen LogP contribution >= 0.6 is 0 Å². The monoisotopic (exact) mass is 290 g/mol. The SMILES string of the molecule is COc1ccc(NC2=CC(=O)N(CCO)C2=O)c(C)c1C. The van der Waals surface area contributed by atoms with Crippen molar-refractivity contribution in [1.82, 2.24) is 4.90 Å². The van der Waals surface area contributed by atoms with Crippen LogP contribution in [0.3, 0.4) is 0 Å². The van der Waals surface area contributed by atoms with Gasteiger partial charge in [0, 0.05) is 11.8 Å². The maximum atomic E-state index is 12.1. The lowest BCUT2D eigenvalue weighted by Crippen LogP contribution is -2.34. The van der Waals surface area contributed by atoms with Crippen LogP contribution in [0, 0.1) is 13.8 Å². The number of nitrogens with one attached hydrogen (secondary N) is 1. The Morgan fingerprint density at radius 1 is 1.24 bits per heavy atom. The van der Waals surface area contributed by atoms with E-state index in [4.69, 9.17) is 9.84 Å². The summed E-state index contributed by atoms with van der Waals surface area (Å²) in [5.74, 6) is -0.0795. The van der Waals surface area contributed by atoms with Gasteiger partial charge in [-0.05, 0) is 37.1 Å². The molecular formula is C15H18N2O4. The Bertz CT molecular complexity index is 622. The number of benzene rings is 1. The number of β-amino-alcohol motifs (C(OH)–C–C–N with tert-alkyl or cyclic N) is 1. The van der Waals surface area contributed by atoms with Gasteiger partial charge >= 0.3 is 0 Å². The summed E-state index contributed by atoms with van der Waals surface area (Å²) in [6.45, 7) is 3.58. The molecule has 6 heteroatoms. The Balaban J connectivity index is 2.24. The van der Waals surface area contributed by atoms with E-state index < -0.39 is 11.8 Å². The molecular weight excluding hydrogens is 272 g/mol. The molecule has 0 spiro atoms. The fourth-order valence-electron chi connectivity index (χ4n) is 2.21. The normalized spacial score (nSPS) is 14.5. The fourth-order valence-corrected chi connectivity index (χ4v) is 2.21. The third-order valence-electron chi connectivity index (χ3n) is 3.56. The average molecular weight is 290 g/mol. The zero-order chi connectivity index (χ0) is 15.6. The highest BCUT2D eigenvalue weighted by Crippen LogP contribution is 2.28. The van der Waals surface area contributed by atoms with E-state index in [2.05, 4.69) is 5.32 Å². The van der Waals surface area contributed by atoms with Crippen molar-refractivity contribution in [2.45, 2.75) is 13.8 Å². The predicted octanol–water partition coefficient (Wildman–Crippen LogP) is 0.969. The number of carbonyl (C=O) groups is 2. The molecule has 21 heavy (non-hydrogen) atoms. The predicted molar refractivity (Wildman–Crippen MR) is 78.0 cm³/mol. The first-order chi connectivity index (χ1) is 9.99. The molecule has 0 unspecified atom stereocenters. The van der Waals surface area contributed by atoms with Gasteiger partial charge in [-0.1, -0.05) is 0 Å². The molecule has 0 bridgehead atoms. The van der Waals surface area contributed by atoms with Crippen molar-refractivity contribution in [1.29, 1.82) is 0 Å². The van der Waals surface area contributed by atoms with Crippen molar-refractivity contribution in [3.05, 3.63) is 35.0 Å². The number of nitrogens with zero attached hydrogens (tertiary/aromatic N) is 1. The fraction of sp³-hybridized carbons (Fsp3) is 0.333. The van der Waals surface area contributed by atoms with Gasteiger partial charge in [0.15, 0.2) is 0 Å². The van der Waals surface area contributed by atoms with Crippen LogP contribution in [0.4, 0.5) is 5.69 Å². The Labute approximate surface area is 123 Å². The van der Waals surface area contributed by atoms with E-state index in [1.807, 2.05) is 13.8 Å². The van der Waals surface area contributed by atoms with Gasteiger partial charge in [-0.2, -0.15) is 0 Å². The van der Waals surface area contributed by atoms with E-state index in [0.717, 1.165) is 27.5 Å². The number of aliphatic hydroxyl groups is 1. The first kappa shape index (κ1) is 15.1. The second kappa shape index (κ2) is 5.97. The lowest BCUT2D eigenvalue weighted by molar-refractivity contribution is -0.137. The minimum atomic E-state index is -0.429. The molecule has 1 aromatic carbocycles. The van der Waals surface area contributed by atoms with Gasteiger partial charge in [-0.3, -0.25) is 14.5 Å². The van der Waals surface area contributed by atoms with Gasteiger partial charge in [0.05, 0.1) is 20.3 Å². The molecule has 0 aliphatic carbocycles. The molecule has 0 fully saturated rings.